The molecule has 4 nitrogen and oxygen atoms in total. The summed E-state index contributed by atoms with van der Waals surface area (Å²) in [6.07, 6.45) is -2.00. The van der Waals surface area contributed by atoms with Gasteiger partial charge in [0.05, 0.1) is 24.9 Å². The molecule has 4 heteroatoms. The molecule has 10 heavy (non-hydrogen) atoms. The maximum Gasteiger partial charge on any atom is 0.107 e. The van der Waals surface area contributed by atoms with Crippen molar-refractivity contribution >= 4 is 0 Å². The molecule has 0 radical (unpaired) electrons. The smallest absolute Gasteiger partial charge is 0.107 e. The summed E-state index contributed by atoms with van der Waals surface area (Å²) < 4.78 is 5.04. The first kappa shape index (κ1) is 7.94. The summed E-state index contributed by atoms with van der Waals surface area (Å²) in [6.45, 7) is 2.03. The predicted octanol–water partition coefficient (Wildman–Crippen LogP) is -1.55. The van der Waals surface area contributed by atoms with Crippen LogP contribution in [0.15, 0.2) is 0 Å². The van der Waals surface area contributed by atoms with E-state index in [9.17, 15) is 0 Å². The maximum atomic E-state index is 9.16. The average Bonchev–Trinajstić information content (AvgIpc) is 1.93. The van der Waals surface area contributed by atoms with Crippen molar-refractivity contribution < 1.29 is 14.9 Å². The second-order valence-corrected chi connectivity index (χ2v) is 2.68. The standard InChI is InChI=1S/C6H13NO3/c1-3-5(8)6(9)4(7)2-10-3/h3-6,8-9H,2,7H2,1H3/t3-,4+,5-,6?/m0/s1. The number of ether oxygens (including phenoxy) is 1. The normalized spacial score (nSPS) is 49.2. The highest BCUT2D eigenvalue weighted by Crippen LogP contribution is 2.12. The SMILES string of the molecule is C[C@@H]1OC[C@@H](N)C(O)[C@H]1O. The van der Waals surface area contributed by atoms with E-state index >= 15 is 0 Å². The highest BCUT2D eigenvalue weighted by molar-refractivity contribution is 4.86. The Morgan fingerprint density at radius 3 is 2.50 bits per heavy atom. The monoisotopic (exact) mass is 147 g/mol. The molecule has 4 atom stereocenters. The van der Waals surface area contributed by atoms with Gasteiger partial charge in [-0.2, -0.15) is 0 Å². The summed E-state index contributed by atoms with van der Waals surface area (Å²) in [6, 6.07) is -0.453. The quantitative estimate of drug-likeness (QED) is 0.388. The molecule has 1 aliphatic rings. The minimum absolute atomic E-state index is 0.310. The Balaban J connectivity index is 2.52. The van der Waals surface area contributed by atoms with E-state index < -0.39 is 18.2 Å². The van der Waals surface area contributed by atoms with Crippen molar-refractivity contribution in [2.24, 2.45) is 5.73 Å². The third-order valence-electron chi connectivity index (χ3n) is 1.82. The fourth-order valence-electron chi connectivity index (χ4n) is 0.991. The molecule has 1 unspecified atom stereocenters. The van der Waals surface area contributed by atoms with Crippen LogP contribution < -0.4 is 5.73 Å². The van der Waals surface area contributed by atoms with Crippen molar-refractivity contribution in [3.05, 3.63) is 0 Å². The lowest BCUT2D eigenvalue weighted by Crippen LogP contribution is -2.55. The zero-order valence-corrected chi connectivity index (χ0v) is 5.90. The fraction of sp³-hybridized carbons (Fsp3) is 1.00. The molecule has 0 aromatic heterocycles. The highest BCUT2D eigenvalue weighted by atomic mass is 16.5. The molecule has 1 fully saturated rings. The Hall–Kier alpha value is -0.160. The Morgan fingerprint density at radius 1 is 1.40 bits per heavy atom. The van der Waals surface area contributed by atoms with Gasteiger partial charge in [0.1, 0.15) is 6.10 Å². The van der Waals surface area contributed by atoms with Gasteiger partial charge in [-0.15, -0.1) is 0 Å². The van der Waals surface area contributed by atoms with Gasteiger partial charge in [-0.25, -0.2) is 0 Å². The molecule has 0 aromatic carbocycles. The van der Waals surface area contributed by atoms with E-state index in [1.54, 1.807) is 6.92 Å². The van der Waals surface area contributed by atoms with Crippen LogP contribution in [0.1, 0.15) is 6.92 Å². The number of nitrogens with two attached hydrogens (primary N) is 1. The lowest BCUT2D eigenvalue weighted by molar-refractivity contribution is -0.136. The topological polar surface area (TPSA) is 75.7 Å². The van der Waals surface area contributed by atoms with Crippen molar-refractivity contribution in [2.45, 2.75) is 31.3 Å². The molecule has 1 saturated heterocycles. The van der Waals surface area contributed by atoms with Gasteiger partial charge in [-0.1, -0.05) is 0 Å². The van der Waals surface area contributed by atoms with E-state index in [1.165, 1.54) is 0 Å². The fourth-order valence-corrected chi connectivity index (χ4v) is 0.991. The maximum absolute atomic E-state index is 9.16. The second-order valence-electron chi connectivity index (χ2n) is 2.68. The van der Waals surface area contributed by atoms with Gasteiger partial charge in [-0.3, -0.25) is 0 Å². The van der Waals surface area contributed by atoms with Crippen molar-refractivity contribution in [1.29, 1.82) is 0 Å². The minimum Gasteiger partial charge on any atom is -0.389 e. The van der Waals surface area contributed by atoms with Crippen molar-refractivity contribution in [3.63, 3.8) is 0 Å². The molecular weight excluding hydrogens is 134 g/mol. The molecule has 1 aliphatic heterocycles. The van der Waals surface area contributed by atoms with E-state index in [0.29, 0.717) is 6.61 Å². The summed E-state index contributed by atoms with van der Waals surface area (Å²) in [5, 5.41) is 18.3. The van der Waals surface area contributed by atoms with Gasteiger partial charge in [0.2, 0.25) is 0 Å². The summed E-state index contributed by atoms with van der Waals surface area (Å²) in [5.74, 6) is 0. The summed E-state index contributed by atoms with van der Waals surface area (Å²) in [4.78, 5) is 0. The Morgan fingerprint density at radius 2 is 2.00 bits per heavy atom. The zero-order valence-electron chi connectivity index (χ0n) is 5.90. The third kappa shape index (κ3) is 1.29. The lowest BCUT2D eigenvalue weighted by Gasteiger charge is -2.33. The number of hydrogen-bond donors (Lipinski definition) is 3. The van der Waals surface area contributed by atoms with E-state index in [2.05, 4.69) is 0 Å². The Kier molecular flexibility index (Phi) is 2.25. The van der Waals surface area contributed by atoms with Crippen LogP contribution in [0.2, 0.25) is 0 Å². The van der Waals surface area contributed by atoms with E-state index in [-0.39, 0.29) is 6.10 Å². The summed E-state index contributed by atoms with van der Waals surface area (Å²) in [5.41, 5.74) is 5.40. The lowest BCUT2D eigenvalue weighted by atomic mass is 10.0. The largest absolute Gasteiger partial charge is 0.389 e. The van der Waals surface area contributed by atoms with Crippen LogP contribution in [0.3, 0.4) is 0 Å². The molecule has 0 saturated carbocycles. The van der Waals surface area contributed by atoms with Crippen molar-refractivity contribution in [3.8, 4) is 0 Å². The summed E-state index contributed by atoms with van der Waals surface area (Å²) in [7, 11) is 0. The second kappa shape index (κ2) is 2.84. The van der Waals surface area contributed by atoms with E-state index in [1.807, 2.05) is 0 Å². The molecular formula is C6H13NO3. The first-order valence-electron chi connectivity index (χ1n) is 3.36. The van der Waals surface area contributed by atoms with Crippen LogP contribution in [0, 0.1) is 0 Å². The predicted molar refractivity (Wildman–Crippen MR) is 35.4 cm³/mol. The van der Waals surface area contributed by atoms with Gasteiger partial charge < -0.3 is 20.7 Å². The Bertz CT molecular complexity index is 106. The molecule has 60 valence electrons. The van der Waals surface area contributed by atoms with Crippen LogP contribution in [0.5, 0.6) is 0 Å². The van der Waals surface area contributed by atoms with Crippen LogP contribution >= 0.6 is 0 Å². The van der Waals surface area contributed by atoms with Crippen molar-refractivity contribution in [1.82, 2.24) is 0 Å². The number of aliphatic hydroxyl groups is 2. The molecule has 0 spiro atoms. The molecule has 0 aromatic rings. The Labute approximate surface area is 59.6 Å². The molecule has 1 heterocycles. The van der Waals surface area contributed by atoms with Gasteiger partial charge >= 0.3 is 0 Å². The zero-order chi connectivity index (χ0) is 7.72. The molecule has 4 N–H and O–H groups in total. The van der Waals surface area contributed by atoms with E-state index in [4.69, 9.17) is 20.7 Å². The molecule has 0 aliphatic carbocycles. The molecule has 0 amide bonds. The van der Waals surface area contributed by atoms with Gasteiger partial charge in [0, 0.05) is 0 Å². The van der Waals surface area contributed by atoms with Crippen LogP contribution in [0.25, 0.3) is 0 Å². The summed E-state index contributed by atoms with van der Waals surface area (Å²) >= 11 is 0. The van der Waals surface area contributed by atoms with Gasteiger partial charge in [-0.05, 0) is 6.92 Å². The minimum atomic E-state index is -0.844. The third-order valence-corrected chi connectivity index (χ3v) is 1.82. The van der Waals surface area contributed by atoms with E-state index in [0.717, 1.165) is 0 Å². The molecule has 0 bridgehead atoms. The van der Waals surface area contributed by atoms with Crippen LogP contribution in [-0.2, 0) is 4.74 Å². The van der Waals surface area contributed by atoms with Crippen LogP contribution in [-0.4, -0.2) is 41.2 Å². The average molecular weight is 147 g/mol. The number of hydrogen-bond acceptors (Lipinski definition) is 4. The van der Waals surface area contributed by atoms with Gasteiger partial charge in [0.15, 0.2) is 0 Å². The number of aliphatic hydroxyl groups excluding tert-OH is 2. The van der Waals surface area contributed by atoms with Crippen LogP contribution in [0.4, 0.5) is 0 Å². The van der Waals surface area contributed by atoms with Crippen molar-refractivity contribution in [2.75, 3.05) is 6.61 Å². The highest BCUT2D eigenvalue weighted by Gasteiger charge is 2.33. The molecule has 1 rings (SSSR count). The number of rotatable bonds is 0. The first-order chi connectivity index (χ1) is 4.63. The van der Waals surface area contributed by atoms with Gasteiger partial charge in [0.25, 0.3) is 0 Å². The first-order valence-corrected chi connectivity index (χ1v) is 3.36.